The summed E-state index contributed by atoms with van der Waals surface area (Å²) in [6.45, 7) is 30.4. The topological polar surface area (TPSA) is 36.9 Å². The van der Waals surface area contributed by atoms with Crippen LogP contribution in [0.3, 0.4) is 0 Å². The molecule has 0 spiro atoms. The molecule has 1 saturated carbocycles. The van der Waals surface area contributed by atoms with Crippen molar-refractivity contribution in [3.05, 3.63) is 24.5 Å². The number of rotatable bonds is 11. The highest BCUT2D eigenvalue weighted by molar-refractivity contribution is 6.77. The van der Waals surface area contributed by atoms with Crippen molar-refractivity contribution in [2.75, 3.05) is 20.3 Å². The van der Waals surface area contributed by atoms with Gasteiger partial charge in [0.2, 0.25) is 0 Å². The summed E-state index contributed by atoms with van der Waals surface area (Å²) in [5.41, 5.74) is 2.16. The maximum absolute atomic E-state index is 7.14. The van der Waals surface area contributed by atoms with Crippen LogP contribution >= 0.6 is 0 Å². The zero-order valence-corrected chi connectivity index (χ0v) is 22.8. The molecule has 0 aromatic heterocycles. The van der Waals surface area contributed by atoms with Crippen LogP contribution in [-0.2, 0) is 18.6 Å². The molecule has 0 amide bonds. The van der Waals surface area contributed by atoms with Gasteiger partial charge in [-0.25, -0.2) is 0 Å². The number of ether oxygens (including phenoxy) is 3. The van der Waals surface area contributed by atoms with E-state index in [0.717, 1.165) is 6.42 Å². The quantitative estimate of drug-likeness (QED) is 0.193. The molecule has 5 heteroatoms. The van der Waals surface area contributed by atoms with Gasteiger partial charge in [0.15, 0.2) is 14.6 Å². The molecule has 0 aromatic rings. The second-order valence-corrected chi connectivity index (χ2v) is 16.2. The first-order chi connectivity index (χ1) is 14.4. The molecule has 2 heterocycles. The molecule has 2 bridgehead atoms. The van der Waals surface area contributed by atoms with Crippen LogP contribution < -0.4 is 0 Å². The Hall–Kier alpha value is -0.623. The van der Waals surface area contributed by atoms with Crippen molar-refractivity contribution >= 4 is 8.32 Å². The average Bonchev–Trinajstić information content (AvgIpc) is 2.67. The van der Waals surface area contributed by atoms with Crippen molar-refractivity contribution in [2.45, 2.75) is 97.2 Å². The Balaban J connectivity index is 2.54. The molecule has 0 radical (unpaired) electrons. The van der Waals surface area contributed by atoms with Crippen LogP contribution in [0.25, 0.3) is 0 Å². The van der Waals surface area contributed by atoms with Crippen molar-refractivity contribution < 1.29 is 18.6 Å². The molecule has 6 atom stereocenters. The average molecular weight is 453 g/mol. The molecule has 3 aliphatic rings. The summed E-state index contributed by atoms with van der Waals surface area (Å²) >= 11 is 0. The fraction of sp³-hybridized carbons (Fsp3) is 0.846. The Bertz CT molecular complexity index is 622. The first-order valence-corrected chi connectivity index (χ1v) is 14.4. The van der Waals surface area contributed by atoms with Gasteiger partial charge in [0.05, 0.1) is 6.61 Å². The molecule has 1 aliphatic carbocycles. The minimum atomic E-state index is -2.02. The van der Waals surface area contributed by atoms with Gasteiger partial charge in [-0.15, -0.1) is 0 Å². The molecule has 3 fully saturated rings. The molecule has 2 aliphatic heterocycles. The lowest BCUT2D eigenvalue weighted by atomic mass is 9.55. The van der Waals surface area contributed by atoms with Crippen LogP contribution in [0.1, 0.15) is 68.7 Å². The zero-order valence-electron chi connectivity index (χ0n) is 21.8. The van der Waals surface area contributed by atoms with Crippen molar-refractivity contribution in [2.24, 2.45) is 23.7 Å². The molecule has 4 nitrogen and oxygen atoms in total. The van der Waals surface area contributed by atoms with Gasteiger partial charge >= 0.3 is 0 Å². The molecule has 6 unspecified atom stereocenters. The highest BCUT2D eigenvalue weighted by Crippen LogP contribution is 2.59. The van der Waals surface area contributed by atoms with Crippen LogP contribution in [0.15, 0.2) is 24.5 Å². The van der Waals surface area contributed by atoms with Gasteiger partial charge in [-0.3, -0.25) is 0 Å². The van der Waals surface area contributed by atoms with Gasteiger partial charge in [0.1, 0.15) is 11.4 Å². The monoisotopic (exact) mass is 452 g/mol. The summed E-state index contributed by atoms with van der Waals surface area (Å²) in [6.07, 6.45) is 0.744. The summed E-state index contributed by atoms with van der Waals surface area (Å²) in [5.74, 6) is 1.64. The first-order valence-electron chi connectivity index (χ1n) is 12.2. The fourth-order valence-electron chi connectivity index (χ4n) is 7.15. The lowest BCUT2D eigenvalue weighted by Gasteiger charge is -2.62. The van der Waals surface area contributed by atoms with E-state index in [9.17, 15) is 0 Å². The number of hydrogen-bond donors (Lipinski definition) is 0. The van der Waals surface area contributed by atoms with Gasteiger partial charge in [0, 0.05) is 25.6 Å². The summed E-state index contributed by atoms with van der Waals surface area (Å²) in [5, 5.41) is 0. The highest BCUT2D eigenvalue weighted by Gasteiger charge is 2.64. The molecular formula is C26H48O4Si. The number of fused-ring (bicyclic) bond motifs is 3. The van der Waals surface area contributed by atoms with Gasteiger partial charge in [-0.2, -0.15) is 0 Å². The predicted octanol–water partition coefficient (Wildman–Crippen LogP) is 6.93. The Morgan fingerprint density at radius 1 is 1.10 bits per heavy atom. The molecule has 31 heavy (non-hydrogen) atoms. The standard InChI is InChI=1S/C26H48O4Si/c1-13-28-21(11)26-20(10)14-22(25(27-12)30-26)24(16(2)3)23(26)15-29-31(17(4)5,18(6)7)19(8)9/h17-20,22-25H,2,11,13-15H2,1,3-10,12H3. The van der Waals surface area contributed by atoms with E-state index in [2.05, 4.69) is 68.5 Å². The largest absolute Gasteiger partial charge is 0.496 e. The van der Waals surface area contributed by atoms with Gasteiger partial charge in [-0.05, 0) is 48.7 Å². The SMILES string of the molecule is C=C(C)C1C2CC(C)C(C(=C)OCC)(OC2OC)C1CO[Si](C(C)C)(C(C)C)C(C)C. The van der Waals surface area contributed by atoms with Crippen LogP contribution in [0.4, 0.5) is 0 Å². The summed E-state index contributed by atoms with van der Waals surface area (Å²) < 4.78 is 25.7. The number of allylic oxidation sites excluding steroid dienone is 1. The lowest BCUT2D eigenvalue weighted by molar-refractivity contribution is -0.332. The van der Waals surface area contributed by atoms with Crippen LogP contribution in [-0.4, -0.2) is 40.5 Å². The van der Waals surface area contributed by atoms with E-state index in [1.54, 1.807) is 7.11 Å². The lowest BCUT2D eigenvalue weighted by Crippen LogP contribution is -2.67. The van der Waals surface area contributed by atoms with E-state index in [1.165, 1.54) is 5.57 Å². The van der Waals surface area contributed by atoms with E-state index in [0.29, 0.717) is 35.6 Å². The summed E-state index contributed by atoms with van der Waals surface area (Å²) in [6, 6.07) is 0. The molecule has 3 rings (SSSR count). The minimum absolute atomic E-state index is 0.118. The van der Waals surface area contributed by atoms with Gasteiger partial charge in [-0.1, -0.05) is 67.2 Å². The molecule has 0 N–H and O–H groups in total. The third-order valence-corrected chi connectivity index (χ3v) is 14.3. The number of methoxy groups -OCH3 is 1. The van der Waals surface area contributed by atoms with Gasteiger partial charge < -0.3 is 18.6 Å². The van der Waals surface area contributed by atoms with Crippen LogP contribution in [0.5, 0.6) is 0 Å². The second-order valence-electron chi connectivity index (χ2n) is 10.8. The molecule has 0 aromatic carbocycles. The Morgan fingerprint density at radius 3 is 2.06 bits per heavy atom. The number of hydrogen-bond acceptors (Lipinski definition) is 4. The molecule has 2 saturated heterocycles. The van der Waals surface area contributed by atoms with Gasteiger partial charge in [0.25, 0.3) is 0 Å². The van der Waals surface area contributed by atoms with Crippen LogP contribution in [0, 0.1) is 23.7 Å². The molecular weight excluding hydrogens is 404 g/mol. The van der Waals surface area contributed by atoms with Crippen molar-refractivity contribution in [3.8, 4) is 0 Å². The Morgan fingerprint density at radius 2 is 1.65 bits per heavy atom. The van der Waals surface area contributed by atoms with E-state index >= 15 is 0 Å². The summed E-state index contributed by atoms with van der Waals surface area (Å²) in [7, 11) is -0.285. The highest BCUT2D eigenvalue weighted by atomic mass is 28.4. The van der Waals surface area contributed by atoms with E-state index in [4.69, 9.17) is 18.6 Å². The first kappa shape index (κ1) is 26.6. The van der Waals surface area contributed by atoms with E-state index in [1.807, 2.05) is 6.92 Å². The molecule has 180 valence electrons. The van der Waals surface area contributed by atoms with Crippen molar-refractivity contribution in [3.63, 3.8) is 0 Å². The van der Waals surface area contributed by atoms with E-state index < -0.39 is 13.9 Å². The second kappa shape index (κ2) is 10.1. The predicted molar refractivity (Wildman–Crippen MR) is 131 cm³/mol. The Kier molecular flexibility index (Phi) is 8.68. The van der Waals surface area contributed by atoms with E-state index in [-0.39, 0.29) is 30.0 Å². The third-order valence-electron chi connectivity index (χ3n) is 8.24. The van der Waals surface area contributed by atoms with Crippen molar-refractivity contribution in [1.82, 2.24) is 0 Å². The minimum Gasteiger partial charge on any atom is -0.496 e. The fourth-order valence-corrected chi connectivity index (χ4v) is 12.6. The Labute approximate surface area is 192 Å². The zero-order chi connectivity index (χ0) is 23.7. The normalized spacial score (nSPS) is 33.4. The third kappa shape index (κ3) is 4.32. The summed E-state index contributed by atoms with van der Waals surface area (Å²) in [4.78, 5) is 0. The maximum atomic E-state index is 7.14. The smallest absolute Gasteiger partial charge is 0.200 e. The maximum Gasteiger partial charge on any atom is 0.200 e. The van der Waals surface area contributed by atoms with Crippen LogP contribution in [0.2, 0.25) is 16.6 Å². The van der Waals surface area contributed by atoms with Crippen molar-refractivity contribution in [1.29, 1.82) is 0 Å².